The second-order valence-electron chi connectivity index (χ2n) is 4.82. The third kappa shape index (κ3) is 2.09. The van der Waals surface area contributed by atoms with Crippen LogP contribution < -0.4 is 17.0 Å². The minimum absolute atomic E-state index is 0.103. The maximum atomic E-state index is 11.9. The quantitative estimate of drug-likeness (QED) is 0.392. The van der Waals surface area contributed by atoms with Gasteiger partial charge in [0.15, 0.2) is 5.72 Å². The molecule has 1 aliphatic heterocycles. The normalized spacial score (nSPS) is 33.5. The summed E-state index contributed by atoms with van der Waals surface area (Å²) in [7, 11) is 0. The zero-order valence-electron chi connectivity index (χ0n) is 10.8. The van der Waals surface area contributed by atoms with Gasteiger partial charge in [-0.15, -0.1) is 0 Å². The summed E-state index contributed by atoms with van der Waals surface area (Å²) in [4.78, 5) is 25.4. The first-order valence-electron chi connectivity index (χ1n) is 6.05. The van der Waals surface area contributed by atoms with E-state index in [0.29, 0.717) is 0 Å². The van der Waals surface area contributed by atoms with Crippen LogP contribution in [0.2, 0.25) is 0 Å². The summed E-state index contributed by atoms with van der Waals surface area (Å²) in [5, 5.41) is 28.9. The molecule has 1 fully saturated rings. The predicted octanol–water partition coefficient (Wildman–Crippen LogP) is -3.22. The molecule has 112 valence electrons. The van der Waals surface area contributed by atoms with Crippen LogP contribution in [0.4, 0.5) is 0 Å². The topological polar surface area (TPSA) is 151 Å². The van der Waals surface area contributed by atoms with Crippen LogP contribution in [0.3, 0.4) is 0 Å². The molecule has 0 aromatic carbocycles. The molecule has 4 atom stereocenters. The Balaban J connectivity index is 2.56. The van der Waals surface area contributed by atoms with E-state index in [1.807, 2.05) is 0 Å². The van der Waals surface area contributed by atoms with Gasteiger partial charge < -0.3 is 25.8 Å². The number of nitrogens with zero attached hydrogens (tertiary/aromatic N) is 1. The maximum Gasteiger partial charge on any atom is 0.330 e. The Kier molecular flexibility index (Phi) is 3.80. The largest absolute Gasteiger partial charge is 0.394 e. The van der Waals surface area contributed by atoms with E-state index in [1.165, 1.54) is 13.1 Å². The molecule has 2 rings (SSSR count). The van der Waals surface area contributed by atoms with Crippen LogP contribution in [-0.4, -0.2) is 49.8 Å². The Hall–Kier alpha value is -1.52. The molecule has 1 aromatic rings. The molecule has 2 heterocycles. The molecule has 0 amide bonds. The van der Waals surface area contributed by atoms with Gasteiger partial charge >= 0.3 is 5.69 Å². The molecule has 0 unspecified atom stereocenters. The van der Waals surface area contributed by atoms with Gasteiger partial charge in [0.25, 0.3) is 5.56 Å². The van der Waals surface area contributed by atoms with Crippen LogP contribution in [0.5, 0.6) is 0 Å². The standard InChI is InChI=1S/C11H17N3O6/c1-11(8(17)7(16)6(4-15)20-11)14-3-5(2-12)9(18)13-10(14)19/h3,6-8,15-17H,2,4,12H2,1H3,(H,13,18,19)/t6-,7-,8-,11-/m1/s1. The summed E-state index contributed by atoms with van der Waals surface area (Å²) < 4.78 is 6.34. The number of ether oxygens (including phenoxy) is 1. The van der Waals surface area contributed by atoms with Crippen molar-refractivity contribution < 1.29 is 20.1 Å². The Bertz CT molecular complexity index is 611. The predicted molar refractivity (Wildman–Crippen MR) is 66.8 cm³/mol. The zero-order chi connectivity index (χ0) is 15.1. The Labute approximate surface area is 113 Å². The third-order valence-corrected chi connectivity index (χ3v) is 3.54. The summed E-state index contributed by atoms with van der Waals surface area (Å²) >= 11 is 0. The highest BCUT2D eigenvalue weighted by Crippen LogP contribution is 2.34. The van der Waals surface area contributed by atoms with Crippen molar-refractivity contribution in [3.63, 3.8) is 0 Å². The van der Waals surface area contributed by atoms with E-state index >= 15 is 0 Å². The van der Waals surface area contributed by atoms with Crippen molar-refractivity contribution in [3.05, 3.63) is 32.6 Å². The van der Waals surface area contributed by atoms with E-state index in [2.05, 4.69) is 4.98 Å². The molecule has 9 heteroatoms. The lowest BCUT2D eigenvalue weighted by Crippen LogP contribution is -2.50. The molecule has 0 saturated carbocycles. The van der Waals surface area contributed by atoms with Gasteiger partial charge in [0, 0.05) is 18.3 Å². The molecule has 0 bridgehead atoms. The van der Waals surface area contributed by atoms with Crippen LogP contribution in [0.1, 0.15) is 12.5 Å². The minimum Gasteiger partial charge on any atom is -0.394 e. The van der Waals surface area contributed by atoms with Crippen molar-refractivity contribution in [2.45, 2.75) is 37.5 Å². The minimum atomic E-state index is -1.61. The fourth-order valence-corrected chi connectivity index (χ4v) is 2.30. The summed E-state index contributed by atoms with van der Waals surface area (Å²) in [5.41, 5.74) is 2.49. The number of nitrogens with one attached hydrogen (secondary N) is 1. The average Bonchev–Trinajstić information content (AvgIpc) is 2.64. The van der Waals surface area contributed by atoms with Crippen molar-refractivity contribution in [1.82, 2.24) is 9.55 Å². The molecule has 1 aliphatic rings. The molecule has 0 spiro atoms. The second-order valence-corrected chi connectivity index (χ2v) is 4.82. The fourth-order valence-electron chi connectivity index (χ4n) is 2.30. The van der Waals surface area contributed by atoms with Gasteiger partial charge in [-0.05, 0) is 6.92 Å². The van der Waals surface area contributed by atoms with Gasteiger partial charge in [-0.1, -0.05) is 0 Å². The molecule has 20 heavy (non-hydrogen) atoms. The van der Waals surface area contributed by atoms with Crippen LogP contribution in [-0.2, 0) is 17.0 Å². The molecule has 1 aromatic heterocycles. The highest BCUT2D eigenvalue weighted by molar-refractivity contribution is 5.07. The molecule has 6 N–H and O–H groups in total. The van der Waals surface area contributed by atoms with E-state index in [-0.39, 0.29) is 12.1 Å². The number of H-pyrrole nitrogens is 1. The van der Waals surface area contributed by atoms with Gasteiger partial charge in [-0.3, -0.25) is 14.3 Å². The van der Waals surface area contributed by atoms with Gasteiger partial charge in [-0.25, -0.2) is 4.79 Å². The molecule has 9 nitrogen and oxygen atoms in total. The smallest absolute Gasteiger partial charge is 0.330 e. The number of aliphatic hydroxyl groups excluding tert-OH is 3. The maximum absolute atomic E-state index is 11.9. The van der Waals surface area contributed by atoms with Crippen molar-refractivity contribution in [3.8, 4) is 0 Å². The van der Waals surface area contributed by atoms with Gasteiger partial charge in [0.1, 0.15) is 18.3 Å². The van der Waals surface area contributed by atoms with Gasteiger partial charge in [-0.2, -0.15) is 0 Å². The Morgan fingerprint density at radius 1 is 1.50 bits per heavy atom. The van der Waals surface area contributed by atoms with Crippen molar-refractivity contribution in [2.75, 3.05) is 6.61 Å². The number of hydrogen-bond acceptors (Lipinski definition) is 7. The SMILES string of the molecule is C[C@@]1(n2cc(CN)c(=O)[nH]c2=O)O[C@H](CO)[C@@H](O)[C@H]1O. The van der Waals surface area contributed by atoms with Gasteiger partial charge in [0.2, 0.25) is 0 Å². The molecular weight excluding hydrogens is 270 g/mol. The first-order valence-corrected chi connectivity index (χ1v) is 6.05. The Morgan fingerprint density at radius 2 is 2.15 bits per heavy atom. The van der Waals surface area contributed by atoms with Gasteiger partial charge in [0.05, 0.1) is 6.61 Å². The van der Waals surface area contributed by atoms with Crippen LogP contribution in [0.25, 0.3) is 0 Å². The molecule has 0 radical (unpaired) electrons. The number of hydrogen-bond donors (Lipinski definition) is 5. The van der Waals surface area contributed by atoms with E-state index in [4.69, 9.17) is 15.6 Å². The number of aromatic amines is 1. The van der Waals surface area contributed by atoms with E-state index in [9.17, 15) is 19.8 Å². The number of aromatic nitrogens is 2. The summed E-state index contributed by atoms with van der Waals surface area (Å²) in [6.07, 6.45) is -2.66. The zero-order valence-corrected chi connectivity index (χ0v) is 10.8. The number of nitrogens with two attached hydrogens (primary N) is 1. The number of aliphatic hydroxyl groups is 3. The third-order valence-electron chi connectivity index (χ3n) is 3.54. The van der Waals surface area contributed by atoms with E-state index in [0.717, 1.165) is 4.57 Å². The summed E-state index contributed by atoms with van der Waals surface area (Å²) in [6, 6.07) is 0. The first-order chi connectivity index (χ1) is 9.35. The monoisotopic (exact) mass is 287 g/mol. The van der Waals surface area contributed by atoms with Crippen molar-refractivity contribution in [1.29, 1.82) is 0 Å². The Morgan fingerprint density at radius 3 is 2.65 bits per heavy atom. The highest BCUT2D eigenvalue weighted by Gasteiger charge is 2.52. The summed E-state index contributed by atoms with van der Waals surface area (Å²) in [5.74, 6) is 0. The molecule has 1 saturated heterocycles. The second kappa shape index (κ2) is 5.11. The lowest BCUT2D eigenvalue weighted by atomic mass is 10.0. The number of rotatable bonds is 3. The van der Waals surface area contributed by atoms with E-state index in [1.54, 1.807) is 0 Å². The first kappa shape index (κ1) is 14.9. The van der Waals surface area contributed by atoms with Crippen LogP contribution in [0, 0.1) is 0 Å². The lowest BCUT2D eigenvalue weighted by molar-refractivity contribution is -0.137. The molecular formula is C11H17N3O6. The van der Waals surface area contributed by atoms with Crippen LogP contribution >= 0.6 is 0 Å². The average molecular weight is 287 g/mol. The van der Waals surface area contributed by atoms with Crippen molar-refractivity contribution in [2.24, 2.45) is 5.73 Å². The van der Waals surface area contributed by atoms with Crippen LogP contribution in [0.15, 0.2) is 15.8 Å². The molecule has 0 aliphatic carbocycles. The fraction of sp³-hybridized carbons (Fsp3) is 0.636. The van der Waals surface area contributed by atoms with E-state index < -0.39 is 41.9 Å². The summed E-state index contributed by atoms with van der Waals surface area (Å²) in [6.45, 7) is 0.750. The lowest BCUT2D eigenvalue weighted by Gasteiger charge is -2.29. The highest BCUT2D eigenvalue weighted by atomic mass is 16.6. The van der Waals surface area contributed by atoms with Crippen molar-refractivity contribution >= 4 is 0 Å².